The number of carboxylic acid groups (broad SMARTS) is 1. The largest absolute Gasteiger partial charge is 0.481 e. The molecule has 0 fully saturated rings. The number of alkyl halides is 2. The second-order valence-electron chi connectivity index (χ2n) is 7.24. The molecule has 0 aliphatic rings. The average Bonchev–Trinajstić information content (AvgIpc) is 3.31. The van der Waals surface area contributed by atoms with E-state index in [9.17, 15) is 23.5 Å². The first-order chi connectivity index (χ1) is 16.9. The minimum absolute atomic E-state index is 0.0178. The van der Waals surface area contributed by atoms with Gasteiger partial charge in [-0.05, 0) is 53.6 Å². The van der Waals surface area contributed by atoms with Crippen molar-refractivity contribution in [2.75, 3.05) is 7.11 Å². The Morgan fingerprint density at radius 2 is 1.71 bits per heavy atom. The number of rotatable bonds is 9. The third-order valence-corrected chi connectivity index (χ3v) is 5.62. The smallest absolute Gasteiger partial charge is 0.387 e. The van der Waals surface area contributed by atoms with Gasteiger partial charge in [0.2, 0.25) is 5.88 Å². The summed E-state index contributed by atoms with van der Waals surface area (Å²) in [4.78, 5) is 30.1. The molecule has 0 saturated carbocycles. The number of carbonyl (C=O) groups excluding carboxylic acids is 1. The number of aliphatic carboxylic acids is 1. The Morgan fingerprint density at radius 3 is 2.40 bits per heavy atom. The van der Waals surface area contributed by atoms with E-state index in [-0.39, 0.29) is 34.4 Å². The van der Waals surface area contributed by atoms with Crippen molar-refractivity contribution in [1.29, 1.82) is 0 Å². The Bertz CT molecular complexity index is 1420. The zero-order valence-electron chi connectivity index (χ0n) is 18.1. The fraction of sp³-hybridized carbons (Fsp3) is 0.125. The summed E-state index contributed by atoms with van der Waals surface area (Å²) in [5.74, 6) is -1.72. The van der Waals surface area contributed by atoms with Gasteiger partial charge in [0.05, 0.1) is 24.4 Å². The SMILES string of the molecule is COc1cc(CC(C(=O)c2ccc(OC(F)F)cc2)=C(C(=O)O)c2ccc3nsnc3c2)ccn1. The third-order valence-electron chi connectivity index (χ3n) is 5.06. The highest BCUT2D eigenvalue weighted by atomic mass is 32.1. The van der Waals surface area contributed by atoms with Crippen LogP contribution in [0.4, 0.5) is 8.78 Å². The molecule has 0 unspecified atom stereocenters. The molecule has 0 aliphatic heterocycles. The Kier molecular flexibility index (Phi) is 7.06. The zero-order chi connectivity index (χ0) is 24.9. The molecular formula is C24H17F2N3O5S. The topological polar surface area (TPSA) is 112 Å². The maximum absolute atomic E-state index is 13.6. The molecule has 8 nitrogen and oxygen atoms in total. The Labute approximate surface area is 201 Å². The predicted octanol–water partition coefficient (Wildman–Crippen LogP) is 4.66. The summed E-state index contributed by atoms with van der Waals surface area (Å²) in [6.07, 6.45) is 1.43. The van der Waals surface area contributed by atoms with Crippen LogP contribution in [0.1, 0.15) is 21.5 Å². The first-order valence-electron chi connectivity index (χ1n) is 10.1. The van der Waals surface area contributed by atoms with Crippen LogP contribution in [-0.4, -0.2) is 44.3 Å². The number of carboxylic acids is 1. The second-order valence-corrected chi connectivity index (χ2v) is 7.77. The highest BCUT2D eigenvalue weighted by Gasteiger charge is 2.25. The van der Waals surface area contributed by atoms with E-state index in [0.29, 0.717) is 22.5 Å². The van der Waals surface area contributed by atoms with E-state index in [1.165, 1.54) is 37.6 Å². The molecule has 2 heterocycles. The molecular weight excluding hydrogens is 480 g/mol. The van der Waals surface area contributed by atoms with Crippen LogP contribution in [0.5, 0.6) is 11.6 Å². The van der Waals surface area contributed by atoms with E-state index < -0.39 is 18.4 Å². The molecule has 2 aromatic heterocycles. The van der Waals surface area contributed by atoms with E-state index in [1.807, 2.05) is 0 Å². The van der Waals surface area contributed by atoms with Crippen LogP contribution < -0.4 is 9.47 Å². The van der Waals surface area contributed by atoms with Crippen LogP contribution in [0.25, 0.3) is 16.6 Å². The number of nitrogens with zero attached hydrogens (tertiary/aromatic N) is 3. The van der Waals surface area contributed by atoms with Crippen molar-refractivity contribution in [3.8, 4) is 11.6 Å². The quantitative estimate of drug-likeness (QED) is 0.263. The van der Waals surface area contributed by atoms with Gasteiger partial charge < -0.3 is 14.6 Å². The number of carbonyl (C=O) groups is 2. The summed E-state index contributed by atoms with van der Waals surface area (Å²) in [5.41, 5.74) is 1.84. The van der Waals surface area contributed by atoms with Gasteiger partial charge in [0.15, 0.2) is 5.78 Å². The summed E-state index contributed by atoms with van der Waals surface area (Å²) in [6.45, 7) is -3.01. The molecule has 35 heavy (non-hydrogen) atoms. The Morgan fingerprint density at radius 1 is 1.00 bits per heavy atom. The number of methoxy groups -OCH3 is 1. The molecule has 11 heteroatoms. The van der Waals surface area contributed by atoms with Crippen molar-refractivity contribution in [3.05, 3.63) is 83.1 Å². The first-order valence-corrected chi connectivity index (χ1v) is 10.9. The minimum Gasteiger partial charge on any atom is -0.481 e. The Hall–Kier alpha value is -4.25. The van der Waals surface area contributed by atoms with Crippen molar-refractivity contribution >= 4 is 40.1 Å². The number of pyridine rings is 1. The van der Waals surface area contributed by atoms with Gasteiger partial charge in [0, 0.05) is 29.8 Å². The van der Waals surface area contributed by atoms with E-state index in [4.69, 9.17) is 4.74 Å². The number of benzene rings is 2. The summed E-state index contributed by atoms with van der Waals surface area (Å²) < 4.78 is 42.7. The molecule has 2 aromatic carbocycles. The average molecular weight is 497 g/mol. The van der Waals surface area contributed by atoms with Crippen LogP contribution in [-0.2, 0) is 11.2 Å². The minimum atomic E-state index is -3.01. The summed E-state index contributed by atoms with van der Waals surface area (Å²) in [5, 5.41) is 10.2. The summed E-state index contributed by atoms with van der Waals surface area (Å²) >= 11 is 0.989. The normalized spacial score (nSPS) is 11.9. The molecule has 1 N–H and O–H groups in total. The standard InChI is InChI=1S/C24H17F2N3O5S/c1-33-20-11-13(8-9-27-20)10-17(22(30)14-2-5-16(6-3-14)34-24(25)26)21(23(31)32)15-4-7-18-19(12-15)29-35-28-18/h2-9,11-12,24H,10H2,1H3,(H,31,32). The number of ketones is 1. The highest BCUT2D eigenvalue weighted by molar-refractivity contribution is 7.00. The highest BCUT2D eigenvalue weighted by Crippen LogP contribution is 2.29. The van der Waals surface area contributed by atoms with Crippen molar-refractivity contribution in [3.63, 3.8) is 0 Å². The van der Waals surface area contributed by atoms with E-state index in [2.05, 4.69) is 18.5 Å². The number of Topliss-reactive ketones (excluding diaryl/α,β-unsaturated/α-hetero) is 1. The Balaban J connectivity index is 1.85. The maximum atomic E-state index is 13.6. The van der Waals surface area contributed by atoms with Crippen molar-refractivity contribution in [2.45, 2.75) is 13.0 Å². The number of hydrogen-bond donors (Lipinski definition) is 1. The van der Waals surface area contributed by atoms with Crippen molar-refractivity contribution < 1.29 is 33.0 Å². The molecule has 0 amide bonds. The number of hydrogen-bond acceptors (Lipinski definition) is 8. The molecule has 4 aromatic rings. The first kappa shape index (κ1) is 23.9. The van der Waals surface area contributed by atoms with Crippen LogP contribution in [0, 0.1) is 0 Å². The van der Waals surface area contributed by atoms with Crippen molar-refractivity contribution in [1.82, 2.24) is 13.7 Å². The van der Waals surface area contributed by atoms with Crippen LogP contribution in [0.3, 0.4) is 0 Å². The fourth-order valence-electron chi connectivity index (χ4n) is 3.48. The van der Waals surface area contributed by atoms with Gasteiger partial charge in [-0.25, -0.2) is 9.78 Å². The van der Waals surface area contributed by atoms with E-state index in [0.717, 1.165) is 11.7 Å². The third kappa shape index (κ3) is 5.46. The van der Waals surface area contributed by atoms with E-state index in [1.54, 1.807) is 30.3 Å². The molecule has 0 atom stereocenters. The molecule has 0 spiro atoms. The molecule has 0 radical (unpaired) electrons. The lowest BCUT2D eigenvalue weighted by Gasteiger charge is -2.14. The van der Waals surface area contributed by atoms with Gasteiger partial charge in [-0.3, -0.25) is 4.79 Å². The van der Waals surface area contributed by atoms with Crippen molar-refractivity contribution in [2.24, 2.45) is 0 Å². The van der Waals surface area contributed by atoms with Gasteiger partial charge in [0.1, 0.15) is 16.8 Å². The maximum Gasteiger partial charge on any atom is 0.387 e. The monoisotopic (exact) mass is 497 g/mol. The lowest BCUT2D eigenvalue weighted by atomic mass is 9.89. The van der Waals surface area contributed by atoms with Gasteiger partial charge >= 0.3 is 12.6 Å². The van der Waals surface area contributed by atoms with Gasteiger partial charge in [-0.15, -0.1) is 0 Å². The van der Waals surface area contributed by atoms with Gasteiger partial charge in [-0.2, -0.15) is 17.5 Å². The van der Waals surface area contributed by atoms with E-state index >= 15 is 0 Å². The number of aromatic nitrogens is 3. The van der Waals surface area contributed by atoms with Crippen LogP contribution >= 0.6 is 11.7 Å². The molecule has 178 valence electrons. The summed E-state index contributed by atoms with van der Waals surface area (Å²) in [6, 6.07) is 13.0. The number of allylic oxidation sites excluding steroid dienone is 1. The number of ether oxygens (including phenoxy) is 2. The fourth-order valence-corrected chi connectivity index (χ4v) is 4.00. The molecule has 0 aliphatic carbocycles. The molecule has 4 rings (SSSR count). The zero-order valence-corrected chi connectivity index (χ0v) is 19.0. The second kappa shape index (κ2) is 10.3. The predicted molar refractivity (Wildman–Crippen MR) is 124 cm³/mol. The number of halogens is 2. The lowest BCUT2D eigenvalue weighted by Crippen LogP contribution is -2.14. The molecule has 0 bridgehead atoms. The lowest BCUT2D eigenvalue weighted by molar-refractivity contribution is -0.130. The molecule has 0 saturated heterocycles. The van der Waals surface area contributed by atoms with Crippen LogP contribution in [0.2, 0.25) is 0 Å². The van der Waals surface area contributed by atoms with Crippen LogP contribution in [0.15, 0.2) is 66.4 Å². The van der Waals surface area contributed by atoms with Gasteiger partial charge in [-0.1, -0.05) is 6.07 Å². The number of fused-ring (bicyclic) bond motifs is 1. The van der Waals surface area contributed by atoms with Gasteiger partial charge in [0.25, 0.3) is 0 Å². The summed E-state index contributed by atoms with van der Waals surface area (Å²) in [7, 11) is 1.44.